The van der Waals surface area contributed by atoms with Crippen LogP contribution in [-0.2, 0) is 0 Å². The highest BCUT2D eigenvalue weighted by Gasteiger charge is 2.19. The average Bonchev–Trinajstić information content (AvgIpc) is 3.03. The molecular weight excluding hydrogens is 342 g/mol. The largest absolute Gasteiger partial charge is 0.351 e. The number of hydrogen-bond acceptors (Lipinski definition) is 5. The summed E-state index contributed by atoms with van der Waals surface area (Å²) in [6.07, 6.45) is 8.20. The van der Waals surface area contributed by atoms with Crippen LogP contribution in [0.4, 0.5) is 5.95 Å². The van der Waals surface area contributed by atoms with Crippen molar-refractivity contribution in [1.82, 2.24) is 15.0 Å². The van der Waals surface area contributed by atoms with Gasteiger partial charge in [-0.25, -0.2) is 9.97 Å². The Labute approximate surface area is 138 Å². The van der Waals surface area contributed by atoms with Gasteiger partial charge in [0, 0.05) is 22.9 Å². The van der Waals surface area contributed by atoms with Gasteiger partial charge >= 0.3 is 0 Å². The van der Waals surface area contributed by atoms with Gasteiger partial charge < -0.3 is 5.32 Å². The highest BCUT2D eigenvalue weighted by atomic mass is 79.9. The van der Waals surface area contributed by atoms with Gasteiger partial charge in [0.2, 0.25) is 5.95 Å². The highest BCUT2D eigenvalue weighted by molar-refractivity contribution is 9.10. The van der Waals surface area contributed by atoms with E-state index in [4.69, 9.17) is 0 Å². The summed E-state index contributed by atoms with van der Waals surface area (Å²) in [5, 5.41) is 12.9. The molecule has 2 aromatic rings. The molecule has 22 heavy (non-hydrogen) atoms. The second-order valence-corrected chi connectivity index (χ2v) is 6.31. The Morgan fingerprint density at radius 2 is 2.00 bits per heavy atom. The van der Waals surface area contributed by atoms with Gasteiger partial charge in [-0.1, -0.05) is 12.8 Å². The highest BCUT2D eigenvalue weighted by Crippen LogP contribution is 2.24. The molecule has 6 heteroatoms. The van der Waals surface area contributed by atoms with E-state index < -0.39 is 5.92 Å². The predicted octanol–water partition coefficient (Wildman–Crippen LogP) is 3.64. The van der Waals surface area contributed by atoms with Crippen LogP contribution >= 0.6 is 15.9 Å². The van der Waals surface area contributed by atoms with Gasteiger partial charge in [0.25, 0.3) is 0 Å². The van der Waals surface area contributed by atoms with Gasteiger partial charge in [0.05, 0.1) is 17.5 Å². The molecule has 1 aliphatic rings. The molecule has 5 nitrogen and oxygen atoms in total. The van der Waals surface area contributed by atoms with Crippen molar-refractivity contribution in [3.8, 4) is 6.07 Å². The van der Waals surface area contributed by atoms with E-state index in [2.05, 4.69) is 42.3 Å². The number of pyridine rings is 1. The Morgan fingerprint density at radius 1 is 1.18 bits per heavy atom. The number of nitrogens with one attached hydrogen (secondary N) is 1. The molecule has 0 bridgehead atoms. The molecule has 112 valence electrons. The third kappa shape index (κ3) is 3.42. The fourth-order valence-electron chi connectivity index (χ4n) is 2.70. The van der Waals surface area contributed by atoms with Gasteiger partial charge in [-0.2, -0.15) is 5.26 Å². The van der Waals surface area contributed by atoms with E-state index in [1.807, 2.05) is 12.1 Å². The molecular formula is C16H16BrN5. The van der Waals surface area contributed by atoms with Crippen LogP contribution in [0.1, 0.15) is 43.0 Å². The number of anilines is 1. The first-order chi connectivity index (χ1) is 10.8. The third-order valence-electron chi connectivity index (χ3n) is 3.84. The number of nitriles is 1. The van der Waals surface area contributed by atoms with Crippen molar-refractivity contribution in [2.24, 2.45) is 0 Å². The molecule has 0 spiro atoms. The van der Waals surface area contributed by atoms with Crippen LogP contribution in [0.5, 0.6) is 0 Å². The number of hydrogen-bond donors (Lipinski definition) is 1. The van der Waals surface area contributed by atoms with Crippen molar-refractivity contribution in [3.05, 3.63) is 46.5 Å². The lowest BCUT2D eigenvalue weighted by Crippen LogP contribution is -2.17. The van der Waals surface area contributed by atoms with E-state index >= 15 is 0 Å². The van der Waals surface area contributed by atoms with Crippen LogP contribution in [0.3, 0.4) is 0 Å². The normalized spacial score (nSPS) is 16.2. The zero-order valence-electron chi connectivity index (χ0n) is 12.0. The molecule has 0 aromatic carbocycles. The Balaban J connectivity index is 1.83. The number of nitrogens with zero attached hydrogens (tertiary/aromatic N) is 4. The lowest BCUT2D eigenvalue weighted by atomic mass is 10.0. The Kier molecular flexibility index (Phi) is 4.64. The maximum Gasteiger partial charge on any atom is 0.223 e. The van der Waals surface area contributed by atoms with Gasteiger partial charge in [-0.15, -0.1) is 0 Å². The van der Waals surface area contributed by atoms with Crippen molar-refractivity contribution in [3.63, 3.8) is 0 Å². The molecule has 1 fully saturated rings. The van der Waals surface area contributed by atoms with Crippen molar-refractivity contribution in [2.45, 2.75) is 37.6 Å². The SMILES string of the molecule is N#CC(c1ccc(Br)cn1)c1ccnc(NC2CCCC2)n1. The van der Waals surface area contributed by atoms with Crippen molar-refractivity contribution in [2.75, 3.05) is 5.32 Å². The summed E-state index contributed by atoms with van der Waals surface area (Å²) in [6, 6.07) is 8.22. The fraction of sp³-hybridized carbons (Fsp3) is 0.375. The molecule has 1 atom stereocenters. The standard InChI is InChI=1S/C16H16BrN5/c17-11-5-6-14(20-10-11)13(9-18)15-7-8-19-16(22-15)21-12-3-1-2-4-12/h5-8,10,12-13H,1-4H2,(H,19,21,22). The van der Waals surface area contributed by atoms with Crippen LogP contribution < -0.4 is 5.32 Å². The second-order valence-electron chi connectivity index (χ2n) is 5.39. The first-order valence-electron chi connectivity index (χ1n) is 7.37. The molecule has 2 aromatic heterocycles. The van der Waals surface area contributed by atoms with Gasteiger partial charge in [-0.3, -0.25) is 4.98 Å². The minimum absolute atomic E-state index is 0.446. The summed E-state index contributed by atoms with van der Waals surface area (Å²) in [7, 11) is 0. The minimum atomic E-state index is -0.486. The Hall–Kier alpha value is -2.00. The van der Waals surface area contributed by atoms with Crippen LogP contribution in [0.25, 0.3) is 0 Å². The first-order valence-corrected chi connectivity index (χ1v) is 8.16. The van der Waals surface area contributed by atoms with Crippen LogP contribution in [0, 0.1) is 11.3 Å². The van der Waals surface area contributed by atoms with Gasteiger partial charge in [-0.05, 0) is 47.0 Å². The zero-order valence-corrected chi connectivity index (χ0v) is 13.6. The topological polar surface area (TPSA) is 74.5 Å². The number of aromatic nitrogens is 3. The summed E-state index contributed by atoms with van der Waals surface area (Å²) < 4.78 is 0.888. The third-order valence-corrected chi connectivity index (χ3v) is 4.31. The average molecular weight is 358 g/mol. The second kappa shape index (κ2) is 6.84. The van der Waals surface area contributed by atoms with Gasteiger partial charge in [0.1, 0.15) is 5.92 Å². The van der Waals surface area contributed by atoms with E-state index in [1.54, 1.807) is 18.5 Å². The molecule has 3 rings (SSSR count). The lowest BCUT2D eigenvalue weighted by Gasteiger charge is -2.13. The molecule has 0 aliphatic heterocycles. The van der Waals surface area contributed by atoms with E-state index in [1.165, 1.54) is 12.8 Å². The predicted molar refractivity (Wildman–Crippen MR) is 87.3 cm³/mol. The summed E-state index contributed by atoms with van der Waals surface area (Å²) in [6.45, 7) is 0. The van der Waals surface area contributed by atoms with E-state index in [9.17, 15) is 5.26 Å². The maximum atomic E-state index is 9.49. The smallest absolute Gasteiger partial charge is 0.223 e. The number of halogens is 1. The monoisotopic (exact) mass is 357 g/mol. The summed E-state index contributed by atoms with van der Waals surface area (Å²) in [4.78, 5) is 13.1. The Morgan fingerprint density at radius 3 is 2.68 bits per heavy atom. The van der Waals surface area contributed by atoms with E-state index in [0.717, 1.165) is 17.3 Å². The number of rotatable bonds is 4. The summed E-state index contributed by atoms with van der Waals surface area (Å²) in [5.41, 5.74) is 1.36. The van der Waals surface area contributed by atoms with Crippen molar-refractivity contribution in [1.29, 1.82) is 5.26 Å². The summed E-state index contributed by atoms with van der Waals surface area (Å²) in [5.74, 6) is 0.113. The molecule has 1 N–H and O–H groups in total. The molecule has 1 unspecified atom stereocenters. The Bertz CT molecular complexity index is 674. The molecule has 1 saturated carbocycles. The molecule has 2 heterocycles. The summed E-state index contributed by atoms with van der Waals surface area (Å²) >= 11 is 3.35. The molecule has 0 radical (unpaired) electrons. The quantitative estimate of drug-likeness (QED) is 0.903. The maximum absolute atomic E-state index is 9.49. The van der Waals surface area contributed by atoms with Gasteiger partial charge in [0.15, 0.2) is 0 Å². The van der Waals surface area contributed by atoms with Crippen LogP contribution in [-0.4, -0.2) is 21.0 Å². The van der Waals surface area contributed by atoms with Crippen LogP contribution in [0.2, 0.25) is 0 Å². The minimum Gasteiger partial charge on any atom is -0.351 e. The van der Waals surface area contributed by atoms with Crippen LogP contribution in [0.15, 0.2) is 35.1 Å². The van der Waals surface area contributed by atoms with E-state index in [-0.39, 0.29) is 0 Å². The van der Waals surface area contributed by atoms with Crippen molar-refractivity contribution < 1.29 is 0 Å². The zero-order chi connectivity index (χ0) is 15.4. The molecule has 0 saturated heterocycles. The molecule has 0 amide bonds. The lowest BCUT2D eigenvalue weighted by molar-refractivity contribution is 0.740. The fourth-order valence-corrected chi connectivity index (χ4v) is 2.93. The van der Waals surface area contributed by atoms with E-state index in [0.29, 0.717) is 23.4 Å². The van der Waals surface area contributed by atoms with Crippen molar-refractivity contribution >= 4 is 21.9 Å². The first kappa shape index (κ1) is 14.9. The molecule has 1 aliphatic carbocycles.